The molecule has 1 atom stereocenters. The lowest BCUT2D eigenvalue weighted by Gasteiger charge is -2.16. The molecule has 0 aliphatic carbocycles. The molecule has 0 saturated heterocycles. The van der Waals surface area contributed by atoms with Crippen LogP contribution in [-0.4, -0.2) is 23.5 Å². The van der Waals surface area contributed by atoms with Crippen LogP contribution >= 0.6 is 0 Å². The molecule has 0 saturated carbocycles. The number of anilines is 1. The number of rotatable bonds is 2. The average molecular weight is 271 g/mol. The molecule has 20 heavy (non-hydrogen) atoms. The third-order valence-corrected chi connectivity index (χ3v) is 3.49. The van der Waals surface area contributed by atoms with Gasteiger partial charge in [0.2, 0.25) is 0 Å². The quantitative estimate of drug-likeness (QED) is 0.910. The van der Waals surface area contributed by atoms with E-state index in [0.29, 0.717) is 22.6 Å². The van der Waals surface area contributed by atoms with Gasteiger partial charge in [-0.2, -0.15) is 0 Å². The van der Waals surface area contributed by atoms with E-state index in [1.54, 1.807) is 37.3 Å². The Morgan fingerprint density at radius 1 is 1.35 bits per heavy atom. The lowest BCUT2D eigenvalue weighted by atomic mass is 10.0. The Bertz CT molecular complexity index is 689. The van der Waals surface area contributed by atoms with Crippen LogP contribution in [0.4, 0.5) is 5.69 Å². The van der Waals surface area contributed by atoms with E-state index in [9.17, 15) is 14.7 Å². The number of amides is 1. The molecule has 1 amide bonds. The van der Waals surface area contributed by atoms with Crippen molar-refractivity contribution in [2.75, 3.05) is 11.4 Å². The highest BCUT2D eigenvalue weighted by Crippen LogP contribution is 2.37. The summed E-state index contributed by atoms with van der Waals surface area (Å²) in [7, 11) is 0. The lowest BCUT2D eigenvalue weighted by Crippen LogP contribution is -2.30. The summed E-state index contributed by atoms with van der Waals surface area (Å²) in [5, 5.41) is 9.28. The van der Waals surface area contributed by atoms with Gasteiger partial charge < -0.3 is 14.4 Å². The molecule has 102 valence electrons. The number of nitrogens with zero attached hydrogens (tertiary/aromatic N) is 1. The molecule has 3 rings (SSSR count). The van der Waals surface area contributed by atoms with Crippen LogP contribution in [0.15, 0.2) is 41.0 Å². The van der Waals surface area contributed by atoms with E-state index in [2.05, 4.69) is 0 Å². The normalized spacial score (nSPS) is 17.1. The molecule has 2 heterocycles. The van der Waals surface area contributed by atoms with Gasteiger partial charge in [0, 0.05) is 12.2 Å². The van der Waals surface area contributed by atoms with Crippen LogP contribution in [0.2, 0.25) is 0 Å². The van der Waals surface area contributed by atoms with Crippen LogP contribution in [0.5, 0.6) is 0 Å². The van der Waals surface area contributed by atoms with E-state index in [1.165, 1.54) is 11.2 Å². The Morgan fingerprint density at radius 2 is 2.10 bits per heavy atom. The summed E-state index contributed by atoms with van der Waals surface area (Å²) in [6.07, 6.45) is 1.40. The zero-order valence-corrected chi connectivity index (χ0v) is 10.9. The summed E-state index contributed by atoms with van der Waals surface area (Å²) in [4.78, 5) is 25.3. The molecule has 1 aliphatic heterocycles. The minimum absolute atomic E-state index is 0.151. The molecule has 2 aromatic rings. The Hall–Kier alpha value is -2.56. The second-order valence-electron chi connectivity index (χ2n) is 4.81. The van der Waals surface area contributed by atoms with Crippen molar-refractivity contribution in [1.82, 2.24) is 0 Å². The van der Waals surface area contributed by atoms with E-state index in [1.807, 2.05) is 0 Å². The highest BCUT2D eigenvalue weighted by Gasteiger charge is 2.36. The fourth-order valence-electron chi connectivity index (χ4n) is 2.52. The van der Waals surface area contributed by atoms with Gasteiger partial charge >= 0.3 is 5.97 Å². The summed E-state index contributed by atoms with van der Waals surface area (Å²) in [6.45, 7) is 1.91. The fourth-order valence-corrected chi connectivity index (χ4v) is 2.52. The van der Waals surface area contributed by atoms with E-state index < -0.39 is 11.9 Å². The predicted octanol–water partition coefficient (Wildman–Crippen LogP) is 2.42. The van der Waals surface area contributed by atoms with Gasteiger partial charge in [-0.25, -0.2) is 0 Å². The van der Waals surface area contributed by atoms with Gasteiger partial charge in [0.05, 0.1) is 5.56 Å². The molecule has 0 bridgehead atoms. The molecule has 1 N–H and O–H groups in total. The monoisotopic (exact) mass is 271 g/mol. The molecule has 0 fully saturated rings. The number of carboxylic acids is 1. The predicted molar refractivity (Wildman–Crippen MR) is 71.9 cm³/mol. The van der Waals surface area contributed by atoms with Crippen LogP contribution < -0.4 is 4.90 Å². The Kier molecular flexibility index (Phi) is 2.82. The van der Waals surface area contributed by atoms with Gasteiger partial charge in [0.15, 0.2) is 0 Å². The Balaban J connectivity index is 2.00. The molecule has 1 aliphatic rings. The first-order valence-electron chi connectivity index (χ1n) is 6.26. The molecular weight excluding hydrogens is 258 g/mol. The SMILES string of the molecule is Cc1cc(C(=O)N2CC(C(=O)O)c3ccccc32)co1. The summed E-state index contributed by atoms with van der Waals surface area (Å²) in [5.74, 6) is -1.19. The van der Waals surface area contributed by atoms with Gasteiger partial charge in [0.1, 0.15) is 17.9 Å². The highest BCUT2D eigenvalue weighted by molar-refractivity contribution is 6.08. The highest BCUT2D eigenvalue weighted by atomic mass is 16.4. The van der Waals surface area contributed by atoms with Gasteiger partial charge in [-0.1, -0.05) is 18.2 Å². The second-order valence-corrected chi connectivity index (χ2v) is 4.81. The maximum atomic E-state index is 12.5. The van der Waals surface area contributed by atoms with Crippen LogP contribution in [0.1, 0.15) is 27.6 Å². The average Bonchev–Trinajstić information content (AvgIpc) is 3.02. The second kappa shape index (κ2) is 4.52. The van der Waals surface area contributed by atoms with Crippen LogP contribution in [0.3, 0.4) is 0 Å². The molecule has 1 aromatic heterocycles. The summed E-state index contributed by atoms with van der Waals surface area (Å²) >= 11 is 0. The number of benzene rings is 1. The number of para-hydroxylation sites is 1. The molecule has 5 nitrogen and oxygen atoms in total. The first-order valence-corrected chi connectivity index (χ1v) is 6.26. The summed E-state index contributed by atoms with van der Waals surface area (Å²) in [5.41, 5.74) is 1.76. The number of carboxylic acid groups (broad SMARTS) is 1. The number of hydrogen-bond acceptors (Lipinski definition) is 3. The number of fused-ring (bicyclic) bond motifs is 1. The van der Waals surface area contributed by atoms with Crippen LogP contribution in [0, 0.1) is 6.92 Å². The third kappa shape index (κ3) is 1.87. The molecule has 1 aromatic carbocycles. The van der Waals surface area contributed by atoms with Gasteiger partial charge in [-0.15, -0.1) is 0 Å². The van der Waals surface area contributed by atoms with Crippen molar-refractivity contribution in [2.45, 2.75) is 12.8 Å². The molecule has 0 radical (unpaired) electrons. The smallest absolute Gasteiger partial charge is 0.312 e. The van der Waals surface area contributed by atoms with Crippen molar-refractivity contribution < 1.29 is 19.1 Å². The molecule has 0 spiro atoms. The fraction of sp³-hybridized carbons (Fsp3) is 0.200. The van der Waals surface area contributed by atoms with Gasteiger partial charge in [0.25, 0.3) is 5.91 Å². The largest absolute Gasteiger partial charge is 0.481 e. The number of carbonyl (C=O) groups is 2. The van der Waals surface area contributed by atoms with Crippen molar-refractivity contribution in [3.8, 4) is 0 Å². The molecule has 5 heteroatoms. The minimum atomic E-state index is -0.920. The van der Waals surface area contributed by atoms with Crippen molar-refractivity contribution in [3.63, 3.8) is 0 Å². The first-order chi connectivity index (χ1) is 9.58. The van der Waals surface area contributed by atoms with Crippen LogP contribution in [-0.2, 0) is 4.79 Å². The van der Waals surface area contributed by atoms with Crippen molar-refractivity contribution in [3.05, 3.63) is 53.5 Å². The van der Waals surface area contributed by atoms with E-state index in [4.69, 9.17) is 4.42 Å². The minimum Gasteiger partial charge on any atom is -0.481 e. The maximum absolute atomic E-state index is 12.5. The van der Waals surface area contributed by atoms with E-state index in [-0.39, 0.29) is 12.5 Å². The van der Waals surface area contributed by atoms with Crippen molar-refractivity contribution in [1.29, 1.82) is 0 Å². The van der Waals surface area contributed by atoms with E-state index in [0.717, 1.165) is 0 Å². The van der Waals surface area contributed by atoms with Gasteiger partial charge in [-0.3, -0.25) is 9.59 Å². The Labute approximate surface area is 115 Å². The van der Waals surface area contributed by atoms with Crippen molar-refractivity contribution in [2.24, 2.45) is 0 Å². The number of aliphatic carboxylic acids is 1. The zero-order chi connectivity index (χ0) is 14.3. The van der Waals surface area contributed by atoms with Crippen molar-refractivity contribution >= 4 is 17.6 Å². The Morgan fingerprint density at radius 3 is 2.75 bits per heavy atom. The number of hydrogen-bond donors (Lipinski definition) is 1. The molecule has 1 unspecified atom stereocenters. The number of carbonyl (C=O) groups excluding carboxylic acids is 1. The zero-order valence-electron chi connectivity index (χ0n) is 10.9. The van der Waals surface area contributed by atoms with Crippen LogP contribution in [0.25, 0.3) is 0 Å². The van der Waals surface area contributed by atoms with Gasteiger partial charge in [-0.05, 0) is 24.6 Å². The third-order valence-electron chi connectivity index (χ3n) is 3.49. The van der Waals surface area contributed by atoms with E-state index >= 15 is 0 Å². The lowest BCUT2D eigenvalue weighted by molar-refractivity contribution is -0.138. The number of furan rings is 1. The standard InChI is InChI=1S/C15H13NO4/c1-9-6-10(8-20-9)14(17)16-7-12(15(18)19)11-4-2-3-5-13(11)16/h2-6,8,12H,7H2,1H3,(H,18,19). The summed E-state index contributed by atoms with van der Waals surface area (Å²) in [6, 6.07) is 8.75. The summed E-state index contributed by atoms with van der Waals surface area (Å²) < 4.78 is 5.14. The topological polar surface area (TPSA) is 70.8 Å². The first kappa shape index (κ1) is 12.5. The maximum Gasteiger partial charge on any atom is 0.312 e. The molecular formula is C15H13NO4. The number of aryl methyl sites for hydroxylation is 1.